The number of esters is 1. The molecule has 1 heterocycles. The Morgan fingerprint density at radius 3 is 2.12 bits per heavy atom. The molecule has 0 unspecified atom stereocenters. The van der Waals surface area contributed by atoms with Crippen molar-refractivity contribution in [3.8, 4) is 23.0 Å². The summed E-state index contributed by atoms with van der Waals surface area (Å²) in [6.07, 6.45) is 5.19. The zero-order valence-electron chi connectivity index (χ0n) is 20.7. The van der Waals surface area contributed by atoms with Crippen LogP contribution < -0.4 is 14.2 Å². The van der Waals surface area contributed by atoms with Crippen molar-refractivity contribution < 1.29 is 28.9 Å². The van der Waals surface area contributed by atoms with Crippen LogP contribution >= 0.6 is 0 Å². The largest absolute Gasteiger partial charge is 0.507 e. The number of Topliss-reactive ketones (excluding diaryl/α,β-unsaturated/α-hetero) is 1. The molecule has 1 atom stereocenters. The first-order valence-electron chi connectivity index (χ1n) is 11.3. The number of aromatic hydroxyl groups is 1. The van der Waals surface area contributed by atoms with Gasteiger partial charge in [0.2, 0.25) is 0 Å². The molecule has 0 radical (unpaired) electrons. The number of carbonyl (C=O) groups excluding carboxylic acids is 2. The molecular formula is C28H32O6. The molecule has 0 bridgehead atoms. The molecule has 6 nitrogen and oxygen atoms in total. The average molecular weight is 465 g/mol. The third-order valence-electron chi connectivity index (χ3n) is 5.54. The highest BCUT2D eigenvalue weighted by Gasteiger charge is 2.32. The zero-order valence-corrected chi connectivity index (χ0v) is 20.7. The lowest BCUT2D eigenvalue weighted by atomic mass is 9.91. The summed E-state index contributed by atoms with van der Waals surface area (Å²) in [5.74, 6) is 0.133. The molecule has 1 N–H and O–H groups in total. The van der Waals surface area contributed by atoms with Gasteiger partial charge in [-0.05, 0) is 69.4 Å². The minimum absolute atomic E-state index is 0.0873. The van der Waals surface area contributed by atoms with Crippen LogP contribution in [0.4, 0.5) is 0 Å². The molecule has 0 fully saturated rings. The van der Waals surface area contributed by atoms with Gasteiger partial charge in [0.15, 0.2) is 5.78 Å². The number of allylic oxidation sites excluding steroid dienone is 4. The number of methoxy groups -OCH3 is 1. The first-order chi connectivity index (χ1) is 16.1. The second-order valence-corrected chi connectivity index (χ2v) is 8.99. The number of hydrogen-bond acceptors (Lipinski definition) is 6. The summed E-state index contributed by atoms with van der Waals surface area (Å²) in [5.41, 5.74) is 5.38. The van der Waals surface area contributed by atoms with Crippen LogP contribution in [0, 0.1) is 0 Å². The Balaban J connectivity index is 2.07. The number of ketones is 1. The first kappa shape index (κ1) is 25.1. The van der Waals surface area contributed by atoms with Gasteiger partial charge in [-0.2, -0.15) is 0 Å². The van der Waals surface area contributed by atoms with Crippen LogP contribution in [-0.2, 0) is 17.6 Å². The lowest BCUT2D eigenvalue weighted by Gasteiger charge is -2.27. The standard InChI is InChI=1S/C28H32O6/c1-16(2)7-9-19-11-21(12-20(28(19)32-6)10-8-17(3)4)25-15-24(31)27-23(30)13-22(33-18(5)29)14-26(27)34-25/h7-8,11-14,25,30H,9-10,15H2,1-6H3/t25-/m0/s1. The van der Waals surface area contributed by atoms with E-state index in [-0.39, 0.29) is 35.0 Å². The van der Waals surface area contributed by atoms with Gasteiger partial charge in [-0.1, -0.05) is 23.3 Å². The number of rotatable bonds is 7. The van der Waals surface area contributed by atoms with Crippen molar-refractivity contribution >= 4 is 11.8 Å². The minimum Gasteiger partial charge on any atom is -0.507 e. The van der Waals surface area contributed by atoms with E-state index in [9.17, 15) is 14.7 Å². The highest BCUT2D eigenvalue weighted by molar-refractivity contribution is 6.02. The molecule has 0 saturated carbocycles. The van der Waals surface area contributed by atoms with Gasteiger partial charge in [-0.25, -0.2) is 0 Å². The lowest BCUT2D eigenvalue weighted by Crippen LogP contribution is -2.21. The Morgan fingerprint density at radius 2 is 1.62 bits per heavy atom. The van der Waals surface area contributed by atoms with Crippen molar-refractivity contribution in [3.63, 3.8) is 0 Å². The number of ether oxygens (including phenoxy) is 3. The molecule has 0 amide bonds. The summed E-state index contributed by atoms with van der Waals surface area (Å²) < 4.78 is 17.1. The maximum Gasteiger partial charge on any atom is 0.308 e. The summed E-state index contributed by atoms with van der Waals surface area (Å²) in [7, 11) is 1.67. The van der Waals surface area contributed by atoms with Crippen molar-refractivity contribution in [2.75, 3.05) is 7.11 Å². The van der Waals surface area contributed by atoms with Crippen LogP contribution in [0.15, 0.2) is 47.6 Å². The predicted octanol–water partition coefficient (Wildman–Crippen LogP) is 6.05. The van der Waals surface area contributed by atoms with E-state index >= 15 is 0 Å². The van der Waals surface area contributed by atoms with E-state index in [0.29, 0.717) is 12.8 Å². The molecule has 1 aliphatic rings. The molecule has 0 spiro atoms. The summed E-state index contributed by atoms with van der Waals surface area (Å²) in [5, 5.41) is 10.4. The highest BCUT2D eigenvalue weighted by Crippen LogP contribution is 2.43. The Bertz CT molecular complexity index is 1120. The Hall–Kier alpha value is -3.54. The Kier molecular flexibility index (Phi) is 7.82. The SMILES string of the molecule is COc1c(CC=C(C)C)cc([C@@H]2CC(=O)c3c(O)cc(OC(C)=O)cc3O2)cc1CC=C(C)C. The molecule has 6 heteroatoms. The Labute approximate surface area is 200 Å². The molecule has 34 heavy (non-hydrogen) atoms. The zero-order chi connectivity index (χ0) is 25.0. The fourth-order valence-electron chi connectivity index (χ4n) is 3.99. The lowest BCUT2D eigenvalue weighted by molar-refractivity contribution is -0.131. The van der Waals surface area contributed by atoms with Crippen LogP contribution in [-0.4, -0.2) is 24.0 Å². The molecule has 0 aromatic heterocycles. The predicted molar refractivity (Wildman–Crippen MR) is 131 cm³/mol. The van der Waals surface area contributed by atoms with E-state index in [1.54, 1.807) is 7.11 Å². The third-order valence-corrected chi connectivity index (χ3v) is 5.54. The number of carbonyl (C=O) groups is 2. The second-order valence-electron chi connectivity index (χ2n) is 8.99. The summed E-state index contributed by atoms with van der Waals surface area (Å²) in [4.78, 5) is 24.3. The summed E-state index contributed by atoms with van der Waals surface area (Å²) >= 11 is 0. The van der Waals surface area contributed by atoms with Crippen molar-refractivity contribution in [1.82, 2.24) is 0 Å². The number of fused-ring (bicyclic) bond motifs is 1. The maximum absolute atomic E-state index is 13.0. The van der Waals surface area contributed by atoms with Crippen molar-refractivity contribution in [2.45, 2.75) is 60.0 Å². The monoisotopic (exact) mass is 464 g/mol. The van der Waals surface area contributed by atoms with Gasteiger partial charge in [0, 0.05) is 19.1 Å². The average Bonchev–Trinajstić information content (AvgIpc) is 2.74. The van der Waals surface area contributed by atoms with E-state index in [4.69, 9.17) is 14.2 Å². The fourth-order valence-corrected chi connectivity index (χ4v) is 3.99. The van der Waals surface area contributed by atoms with Crippen molar-refractivity contribution in [2.24, 2.45) is 0 Å². The minimum atomic E-state index is -0.547. The van der Waals surface area contributed by atoms with Gasteiger partial charge in [0.05, 0.1) is 13.5 Å². The van der Waals surface area contributed by atoms with E-state index in [1.807, 2.05) is 39.8 Å². The number of phenolic OH excluding ortho intramolecular Hbond substituents is 1. The first-order valence-corrected chi connectivity index (χ1v) is 11.3. The van der Waals surface area contributed by atoms with Gasteiger partial charge in [0.1, 0.15) is 34.7 Å². The third kappa shape index (κ3) is 5.87. The fraction of sp³-hybridized carbons (Fsp3) is 0.357. The van der Waals surface area contributed by atoms with Crippen LogP contribution in [0.1, 0.15) is 74.2 Å². The number of phenols is 1. The topological polar surface area (TPSA) is 82.1 Å². The summed E-state index contributed by atoms with van der Waals surface area (Å²) in [6.45, 7) is 9.46. The van der Waals surface area contributed by atoms with Crippen LogP contribution in [0.3, 0.4) is 0 Å². The van der Waals surface area contributed by atoms with E-state index in [2.05, 4.69) is 12.2 Å². The smallest absolute Gasteiger partial charge is 0.308 e. The molecule has 2 aromatic rings. The van der Waals surface area contributed by atoms with Gasteiger partial charge < -0.3 is 19.3 Å². The van der Waals surface area contributed by atoms with E-state index < -0.39 is 12.1 Å². The second kappa shape index (κ2) is 10.6. The van der Waals surface area contributed by atoms with Crippen LogP contribution in [0.25, 0.3) is 0 Å². The van der Waals surface area contributed by atoms with Gasteiger partial charge in [0.25, 0.3) is 0 Å². The molecular weight excluding hydrogens is 432 g/mol. The van der Waals surface area contributed by atoms with Gasteiger partial charge in [-0.15, -0.1) is 0 Å². The Morgan fingerprint density at radius 1 is 1.03 bits per heavy atom. The molecule has 180 valence electrons. The maximum atomic E-state index is 13.0. The molecule has 2 aromatic carbocycles. The van der Waals surface area contributed by atoms with E-state index in [0.717, 1.165) is 22.4 Å². The van der Waals surface area contributed by atoms with Gasteiger partial charge in [-0.3, -0.25) is 9.59 Å². The molecule has 1 aliphatic heterocycles. The highest BCUT2D eigenvalue weighted by atomic mass is 16.5. The molecule has 0 aliphatic carbocycles. The molecule has 0 saturated heterocycles. The normalized spacial score (nSPS) is 14.5. The van der Waals surface area contributed by atoms with Crippen LogP contribution in [0.5, 0.6) is 23.0 Å². The van der Waals surface area contributed by atoms with Crippen molar-refractivity contribution in [1.29, 1.82) is 0 Å². The van der Waals surface area contributed by atoms with Gasteiger partial charge >= 0.3 is 5.97 Å². The van der Waals surface area contributed by atoms with E-state index in [1.165, 1.54) is 30.2 Å². The number of hydrogen-bond donors (Lipinski definition) is 1. The molecule has 3 rings (SSSR count). The summed E-state index contributed by atoms with van der Waals surface area (Å²) in [6, 6.07) is 6.76. The number of benzene rings is 2. The quantitative estimate of drug-likeness (QED) is 0.305. The van der Waals surface area contributed by atoms with Crippen molar-refractivity contribution in [3.05, 3.63) is 69.8 Å². The van der Waals surface area contributed by atoms with Crippen LogP contribution in [0.2, 0.25) is 0 Å².